The van der Waals surface area contributed by atoms with Crippen molar-refractivity contribution in [3.63, 3.8) is 0 Å². The van der Waals surface area contributed by atoms with E-state index in [9.17, 15) is 13.2 Å². The molecule has 2 fully saturated rings. The lowest BCUT2D eigenvalue weighted by Gasteiger charge is -2.42. The molecule has 1 nitrogen and oxygen atoms in total. The Bertz CT molecular complexity index is 325. The molecule has 2 saturated carbocycles. The quantitative estimate of drug-likeness (QED) is 0.635. The maximum atomic E-state index is 14.5. The van der Waals surface area contributed by atoms with E-state index in [2.05, 4.69) is 6.92 Å². The van der Waals surface area contributed by atoms with Crippen LogP contribution in [0.2, 0.25) is 0 Å². The summed E-state index contributed by atoms with van der Waals surface area (Å²) in [6.45, 7) is 4.45. The number of hydrogen-bond donors (Lipinski definition) is 0. The van der Waals surface area contributed by atoms with E-state index >= 15 is 0 Å². The van der Waals surface area contributed by atoms with Gasteiger partial charge >= 0.3 is 0 Å². The third kappa shape index (κ3) is 4.18. The highest BCUT2D eigenvalue weighted by atomic mass is 19.2. The second kappa shape index (κ2) is 8.56. The van der Waals surface area contributed by atoms with Gasteiger partial charge in [-0.2, -0.15) is 0 Å². The van der Waals surface area contributed by atoms with Crippen LogP contribution in [0.15, 0.2) is 0 Å². The summed E-state index contributed by atoms with van der Waals surface area (Å²) in [5.74, 6) is -0.451. The third-order valence-electron chi connectivity index (χ3n) is 5.70. The highest BCUT2D eigenvalue weighted by Crippen LogP contribution is 2.44. The van der Waals surface area contributed by atoms with Crippen LogP contribution in [0, 0.1) is 17.8 Å². The first-order valence-corrected chi connectivity index (χ1v) is 9.12. The van der Waals surface area contributed by atoms with Crippen LogP contribution in [0.25, 0.3) is 0 Å². The smallest absolute Gasteiger partial charge is 0.134 e. The maximum Gasteiger partial charge on any atom is 0.134 e. The van der Waals surface area contributed by atoms with Crippen molar-refractivity contribution in [2.45, 2.75) is 89.8 Å². The molecule has 0 aromatic rings. The molecule has 2 aliphatic rings. The molecule has 0 bridgehead atoms. The fourth-order valence-corrected chi connectivity index (χ4v) is 4.40. The molecule has 0 aromatic heterocycles. The zero-order valence-corrected chi connectivity index (χ0v) is 13.9. The summed E-state index contributed by atoms with van der Waals surface area (Å²) in [6.07, 6.45) is 1.86. The SMILES string of the molecule is CCCCC1CCC(C2CCC(OCC)C(F)C2)C(F)C1F. The van der Waals surface area contributed by atoms with Crippen molar-refractivity contribution in [1.82, 2.24) is 0 Å². The molecule has 0 aromatic carbocycles. The lowest BCUT2D eigenvalue weighted by molar-refractivity contribution is -0.0631. The van der Waals surface area contributed by atoms with E-state index < -0.39 is 18.5 Å². The van der Waals surface area contributed by atoms with Crippen molar-refractivity contribution in [3.8, 4) is 0 Å². The standard InChI is InChI=1S/C18H31F3O/c1-3-5-6-12-7-9-14(18(21)17(12)20)13-8-10-16(22-4-2)15(19)11-13/h12-18H,3-11H2,1-2H3. The lowest BCUT2D eigenvalue weighted by atomic mass is 9.68. The highest BCUT2D eigenvalue weighted by Gasteiger charge is 2.45. The number of halogens is 3. The van der Waals surface area contributed by atoms with Gasteiger partial charge in [0, 0.05) is 6.61 Å². The summed E-state index contributed by atoms with van der Waals surface area (Å²) in [5.41, 5.74) is 0. The minimum Gasteiger partial charge on any atom is -0.375 e. The van der Waals surface area contributed by atoms with Gasteiger partial charge < -0.3 is 4.74 Å². The van der Waals surface area contributed by atoms with Crippen LogP contribution in [0.5, 0.6) is 0 Å². The Hall–Kier alpha value is -0.250. The molecule has 22 heavy (non-hydrogen) atoms. The van der Waals surface area contributed by atoms with Crippen LogP contribution < -0.4 is 0 Å². The maximum absolute atomic E-state index is 14.5. The number of ether oxygens (including phenoxy) is 1. The summed E-state index contributed by atoms with van der Waals surface area (Å²) in [5, 5.41) is 0. The molecule has 0 amide bonds. The van der Waals surface area contributed by atoms with Gasteiger partial charge in [-0.1, -0.05) is 19.8 Å². The Morgan fingerprint density at radius 1 is 0.955 bits per heavy atom. The first-order valence-electron chi connectivity index (χ1n) is 9.12. The summed E-state index contributed by atoms with van der Waals surface area (Å²) in [4.78, 5) is 0. The third-order valence-corrected chi connectivity index (χ3v) is 5.70. The topological polar surface area (TPSA) is 9.23 Å². The number of hydrogen-bond acceptors (Lipinski definition) is 1. The van der Waals surface area contributed by atoms with E-state index in [1.807, 2.05) is 6.92 Å². The average molecular weight is 320 g/mol. The van der Waals surface area contributed by atoms with Gasteiger partial charge in [-0.05, 0) is 63.2 Å². The van der Waals surface area contributed by atoms with Gasteiger partial charge in [0.05, 0.1) is 6.10 Å². The molecule has 0 spiro atoms. The first-order chi connectivity index (χ1) is 10.6. The normalized spacial score (nSPS) is 43.2. The zero-order valence-electron chi connectivity index (χ0n) is 13.9. The fraction of sp³-hybridized carbons (Fsp3) is 1.00. The molecule has 0 aliphatic heterocycles. The van der Waals surface area contributed by atoms with E-state index in [4.69, 9.17) is 4.74 Å². The Balaban J connectivity index is 1.88. The zero-order chi connectivity index (χ0) is 16.1. The van der Waals surface area contributed by atoms with E-state index in [1.54, 1.807) is 0 Å². The molecule has 7 atom stereocenters. The summed E-state index contributed by atoms with van der Waals surface area (Å²) >= 11 is 0. The van der Waals surface area contributed by atoms with Gasteiger partial charge in [-0.3, -0.25) is 0 Å². The molecular formula is C18H31F3O. The van der Waals surface area contributed by atoms with E-state index in [1.165, 1.54) is 0 Å². The monoisotopic (exact) mass is 320 g/mol. The summed E-state index contributed by atoms with van der Waals surface area (Å²) in [6, 6.07) is 0. The Labute approximate surface area is 133 Å². The highest BCUT2D eigenvalue weighted by molar-refractivity contribution is 4.94. The van der Waals surface area contributed by atoms with E-state index in [0.29, 0.717) is 25.9 Å². The van der Waals surface area contributed by atoms with Crippen LogP contribution in [0.1, 0.15) is 65.2 Å². The fourth-order valence-electron chi connectivity index (χ4n) is 4.40. The number of unbranched alkanes of at least 4 members (excludes halogenated alkanes) is 1. The average Bonchev–Trinajstić information content (AvgIpc) is 2.51. The minimum atomic E-state index is -1.41. The van der Waals surface area contributed by atoms with Crippen molar-refractivity contribution in [3.05, 3.63) is 0 Å². The molecule has 0 saturated heterocycles. The number of rotatable bonds is 6. The second-order valence-corrected chi connectivity index (χ2v) is 7.12. The van der Waals surface area contributed by atoms with Crippen molar-refractivity contribution < 1.29 is 17.9 Å². The van der Waals surface area contributed by atoms with Crippen LogP contribution in [0.3, 0.4) is 0 Å². The van der Waals surface area contributed by atoms with Crippen molar-refractivity contribution in [1.29, 1.82) is 0 Å². The van der Waals surface area contributed by atoms with Crippen molar-refractivity contribution in [2.75, 3.05) is 6.61 Å². The molecular weight excluding hydrogens is 289 g/mol. The van der Waals surface area contributed by atoms with E-state index in [0.717, 1.165) is 32.1 Å². The van der Waals surface area contributed by atoms with Crippen molar-refractivity contribution >= 4 is 0 Å². The largest absolute Gasteiger partial charge is 0.375 e. The molecule has 0 N–H and O–H groups in total. The molecule has 0 heterocycles. The van der Waals surface area contributed by atoms with Crippen LogP contribution in [0.4, 0.5) is 13.2 Å². The van der Waals surface area contributed by atoms with Crippen LogP contribution in [-0.4, -0.2) is 31.2 Å². The minimum absolute atomic E-state index is 0.0212. The first kappa shape index (κ1) is 18.1. The van der Waals surface area contributed by atoms with E-state index in [-0.39, 0.29) is 23.9 Å². The predicted molar refractivity (Wildman–Crippen MR) is 83.2 cm³/mol. The Morgan fingerprint density at radius 3 is 2.36 bits per heavy atom. The molecule has 130 valence electrons. The molecule has 0 radical (unpaired) electrons. The summed E-state index contributed by atoms with van der Waals surface area (Å²) < 4.78 is 48.5. The lowest BCUT2D eigenvalue weighted by Crippen LogP contribution is -2.44. The predicted octanol–water partition coefficient (Wildman–Crippen LogP) is 5.42. The van der Waals surface area contributed by atoms with Gasteiger partial charge in [-0.25, -0.2) is 13.2 Å². The molecule has 7 unspecified atom stereocenters. The Kier molecular flexibility index (Phi) is 7.04. The van der Waals surface area contributed by atoms with Crippen molar-refractivity contribution in [2.24, 2.45) is 17.8 Å². The van der Waals surface area contributed by atoms with Gasteiger partial charge in [-0.15, -0.1) is 0 Å². The van der Waals surface area contributed by atoms with Crippen LogP contribution in [-0.2, 0) is 4.74 Å². The Morgan fingerprint density at radius 2 is 1.73 bits per heavy atom. The molecule has 2 rings (SSSR count). The van der Waals surface area contributed by atoms with Gasteiger partial charge in [0.25, 0.3) is 0 Å². The van der Waals surface area contributed by atoms with Gasteiger partial charge in [0.15, 0.2) is 0 Å². The molecule has 4 heteroatoms. The van der Waals surface area contributed by atoms with Gasteiger partial charge in [0.2, 0.25) is 0 Å². The number of alkyl halides is 3. The van der Waals surface area contributed by atoms with Crippen LogP contribution >= 0.6 is 0 Å². The summed E-state index contributed by atoms with van der Waals surface area (Å²) in [7, 11) is 0. The van der Waals surface area contributed by atoms with Gasteiger partial charge in [0.1, 0.15) is 18.5 Å². The second-order valence-electron chi connectivity index (χ2n) is 7.12. The molecule has 2 aliphatic carbocycles.